The number of ether oxygens (including phenoxy) is 1. The molecule has 3 rings (SSSR count). The second kappa shape index (κ2) is 8.58. The molecule has 0 radical (unpaired) electrons. The zero-order chi connectivity index (χ0) is 17.6. The second-order valence-electron chi connectivity index (χ2n) is 6.38. The normalized spacial score (nSPS) is 14.0. The van der Waals surface area contributed by atoms with Crippen LogP contribution < -0.4 is 10.9 Å². The Kier molecular flexibility index (Phi) is 6.20. The third kappa shape index (κ3) is 5.37. The highest BCUT2D eigenvalue weighted by molar-refractivity contribution is 9.10. The maximum absolute atomic E-state index is 12.4. The van der Waals surface area contributed by atoms with E-state index in [9.17, 15) is 9.59 Å². The summed E-state index contributed by atoms with van der Waals surface area (Å²) in [7, 11) is 0. The number of nitrogens with zero attached hydrogens (tertiary/aromatic N) is 2. The summed E-state index contributed by atoms with van der Waals surface area (Å²) in [5, 5.41) is 3.41. The third-order valence-electron chi connectivity index (χ3n) is 4.20. The summed E-state index contributed by atoms with van der Waals surface area (Å²) in [5.41, 5.74) is 0.521. The van der Waals surface area contributed by atoms with Crippen molar-refractivity contribution in [3.05, 3.63) is 39.4 Å². The van der Waals surface area contributed by atoms with E-state index < -0.39 is 0 Å². The fourth-order valence-electron chi connectivity index (χ4n) is 2.54. The van der Waals surface area contributed by atoms with Crippen LogP contribution in [0.3, 0.4) is 0 Å². The first kappa shape index (κ1) is 18.1. The molecule has 0 saturated heterocycles. The molecule has 1 aliphatic carbocycles. The van der Waals surface area contributed by atoms with Crippen molar-refractivity contribution in [2.45, 2.75) is 32.2 Å². The SMILES string of the molecule is O=C(CCn1cnc2ccc(Br)cc2c1=O)NCCCOCC1CC1. The lowest BCUT2D eigenvalue weighted by Gasteiger charge is -2.08. The van der Waals surface area contributed by atoms with Crippen LogP contribution in [0.15, 0.2) is 33.8 Å². The molecule has 1 aromatic carbocycles. The molecule has 7 heteroatoms. The number of hydrogen-bond donors (Lipinski definition) is 1. The van der Waals surface area contributed by atoms with Crippen LogP contribution in [0.25, 0.3) is 10.9 Å². The molecule has 1 N–H and O–H groups in total. The highest BCUT2D eigenvalue weighted by Gasteiger charge is 2.20. The van der Waals surface area contributed by atoms with Crippen molar-refractivity contribution in [3.63, 3.8) is 0 Å². The average molecular weight is 408 g/mol. The van der Waals surface area contributed by atoms with Crippen LogP contribution in [0.4, 0.5) is 0 Å². The van der Waals surface area contributed by atoms with Crippen molar-refractivity contribution in [1.29, 1.82) is 0 Å². The van der Waals surface area contributed by atoms with E-state index in [1.54, 1.807) is 12.1 Å². The van der Waals surface area contributed by atoms with Gasteiger partial charge in [0.2, 0.25) is 5.91 Å². The number of amides is 1. The molecule has 6 nitrogen and oxygen atoms in total. The molecule has 0 atom stereocenters. The van der Waals surface area contributed by atoms with Crippen LogP contribution in [0.5, 0.6) is 0 Å². The van der Waals surface area contributed by atoms with E-state index in [1.807, 2.05) is 6.07 Å². The largest absolute Gasteiger partial charge is 0.381 e. The molecule has 1 aromatic heterocycles. The monoisotopic (exact) mass is 407 g/mol. The maximum atomic E-state index is 12.4. The van der Waals surface area contributed by atoms with Gasteiger partial charge in [-0.05, 0) is 43.4 Å². The zero-order valence-electron chi connectivity index (χ0n) is 14.0. The van der Waals surface area contributed by atoms with Gasteiger partial charge in [-0.2, -0.15) is 0 Å². The lowest BCUT2D eigenvalue weighted by Crippen LogP contribution is -2.28. The van der Waals surface area contributed by atoms with E-state index in [0.29, 0.717) is 30.6 Å². The summed E-state index contributed by atoms with van der Waals surface area (Å²) in [5.74, 6) is 0.701. The fraction of sp³-hybridized carbons (Fsp3) is 0.500. The van der Waals surface area contributed by atoms with Crippen LogP contribution >= 0.6 is 15.9 Å². The summed E-state index contributed by atoms with van der Waals surface area (Å²) in [4.78, 5) is 28.6. The van der Waals surface area contributed by atoms with Crippen LogP contribution in [0, 0.1) is 5.92 Å². The Balaban J connectivity index is 1.42. The first-order chi connectivity index (χ1) is 12.1. The smallest absolute Gasteiger partial charge is 0.261 e. The Hall–Kier alpha value is -1.73. The summed E-state index contributed by atoms with van der Waals surface area (Å²) in [6, 6.07) is 5.40. The van der Waals surface area contributed by atoms with Gasteiger partial charge in [0.05, 0.1) is 17.2 Å². The van der Waals surface area contributed by atoms with Gasteiger partial charge in [-0.3, -0.25) is 14.2 Å². The van der Waals surface area contributed by atoms with Gasteiger partial charge in [0.1, 0.15) is 0 Å². The Bertz CT molecular complexity index is 802. The number of aryl methyl sites for hydroxylation is 1. The molecule has 134 valence electrons. The standard InChI is InChI=1S/C18H22BrN3O3/c19-14-4-5-16-15(10-14)18(24)22(12-21-16)8-6-17(23)20-7-1-9-25-11-13-2-3-13/h4-5,10,12-13H,1-3,6-9,11H2,(H,20,23). The number of nitrogens with one attached hydrogen (secondary N) is 1. The minimum absolute atomic E-state index is 0.0663. The Morgan fingerprint density at radius 2 is 2.24 bits per heavy atom. The molecule has 25 heavy (non-hydrogen) atoms. The van der Waals surface area contributed by atoms with E-state index in [2.05, 4.69) is 26.2 Å². The van der Waals surface area contributed by atoms with E-state index in [-0.39, 0.29) is 17.9 Å². The first-order valence-corrected chi connectivity index (χ1v) is 9.42. The molecule has 2 aromatic rings. The predicted molar refractivity (Wildman–Crippen MR) is 99.5 cm³/mol. The second-order valence-corrected chi connectivity index (χ2v) is 7.29. The van der Waals surface area contributed by atoms with E-state index in [0.717, 1.165) is 23.4 Å². The summed E-state index contributed by atoms with van der Waals surface area (Å²) in [6.07, 6.45) is 5.14. The maximum Gasteiger partial charge on any atom is 0.261 e. The Labute approximate surface area is 154 Å². The van der Waals surface area contributed by atoms with Crippen molar-refractivity contribution < 1.29 is 9.53 Å². The van der Waals surface area contributed by atoms with Crippen molar-refractivity contribution in [1.82, 2.24) is 14.9 Å². The summed E-state index contributed by atoms with van der Waals surface area (Å²) in [6.45, 7) is 2.45. The van der Waals surface area contributed by atoms with Crippen LogP contribution in [-0.2, 0) is 16.1 Å². The molecular weight excluding hydrogens is 386 g/mol. The van der Waals surface area contributed by atoms with Crippen molar-refractivity contribution in [2.75, 3.05) is 19.8 Å². The predicted octanol–water partition coefficient (Wildman–Crippen LogP) is 2.48. The number of halogens is 1. The topological polar surface area (TPSA) is 73.2 Å². The number of rotatable bonds is 9. The molecular formula is C18H22BrN3O3. The van der Waals surface area contributed by atoms with Crippen LogP contribution in [-0.4, -0.2) is 35.2 Å². The van der Waals surface area contributed by atoms with E-state index >= 15 is 0 Å². The van der Waals surface area contributed by atoms with Gasteiger partial charge in [-0.15, -0.1) is 0 Å². The van der Waals surface area contributed by atoms with Crippen molar-refractivity contribution in [2.24, 2.45) is 5.92 Å². The van der Waals surface area contributed by atoms with Gasteiger partial charge in [0, 0.05) is 37.2 Å². The van der Waals surface area contributed by atoms with Crippen molar-refractivity contribution in [3.8, 4) is 0 Å². The quantitative estimate of drug-likeness (QED) is 0.648. The molecule has 0 unspecified atom stereocenters. The highest BCUT2D eigenvalue weighted by atomic mass is 79.9. The number of carbonyl (C=O) groups is 1. The first-order valence-electron chi connectivity index (χ1n) is 8.62. The van der Waals surface area contributed by atoms with Crippen molar-refractivity contribution >= 4 is 32.7 Å². The van der Waals surface area contributed by atoms with E-state index in [4.69, 9.17) is 4.74 Å². The molecule has 1 aliphatic rings. The average Bonchev–Trinajstić information content (AvgIpc) is 3.42. The summed E-state index contributed by atoms with van der Waals surface area (Å²) < 4.78 is 7.84. The number of carbonyl (C=O) groups excluding carboxylic acids is 1. The Morgan fingerprint density at radius 1 is 1.40 bits per heavy atom. The lowest BCUT2D eigenvalue weighted by atomic mass is 10.2. The summed E-state index contributed by atoms with van der Waals surface area (Å²) >= 11 is 3.36. The van der Waals surface area contributed by atoms with Gasteiger partial charge >= 0.3 is 0 Å². The van der Waals surface area contributed by atoms with E-state index in [1.165, 1.54) is 23.7 Å². The minimum Gasteiger partial charge on any atom is -0.381 e. The number of aromatic nitrogens is 2. The number of benzene rings is 1. The number of hydrogen-bond acceptors (Lipinski definition) is 4. The third-order valence-corrected chi connectivity index (χ3v) is 4.70. The molecule has 1 heterocycles. The van der Waals surface area contributed by atoms with Gasteiger partial charge < -0.3 is 10.1 Å². The van der Waals surface area contributed by atoms with Crippen LogP contribution in [0.1, 0.15) is 25.7 Å². The zero-order valence-corrected chi connectivity index (χ0v) is 15.6. The number of fused-ring (bicyclic) bond motifs is 1. The molecule has 1 saturated carbocycles. The molecule has 0 spiro atoms. The molecule has 0 bridgehead atoms. The molecule has 1 amide bonds. The minimum atomic E-state index is -0.132. The van der Waals surface area contributed by atoms with Gasteiger partial charge in [0.15, 0.2) is 0 Å². The van der Waals surface area contributed by atoms with Crippen LogP contribution in [0.2, 0.25) is 0 Å². The molecule has 1 fully saturated rings. The highest BCUT2D eigenvalue weighted by Crippen LogP contribution is 2.28. The lowest BCUT2D eigenvalue weighted by molar-refractivity contribution is -0.121. The van der Waals surface area contributed by atoms with Gasteiger partial charge in [-0.25, -0.2) is 4.98 Å². The Morgan fingerprint density at radius 3 is 3.04 bits per heavy atom. The molecule has 0 aliphatic heterocycles. The van der Waals surface area contributed by atoms with Gasteiger partial charge in [-0.1, -0.05) is 15.9 Å². The van der Waals surface area contributed by atoms with Gasteiger partial charge in [0.25, 0.3) is 5.56 Å². The fourth-order valence-corrected chi connectivity index (χ4v) is 2.90.